The van der Waals surface area contributed by atoms with Gasteiger partial charge >= 0.3 is 5.97 Å². The van der Waals surface area contributed by atoms with Crippen molar-refractivity contribution in [1.82, 2.24) is 4.98 Å². The number of rotatable bonds is 4. The van der Waals surface area contributed by atoms with Crippen LogP contribution in [0, 0.1) is 0 Å². The van der Waals surface area contributed by atoms with Gasteiger partial charge in [0.05, 0.1) is 28.1 Å². The van der Waals surface area contributed by atoms with Gasteiger partial charge in [0, 0.05) is 10.3 Å². The minimum atomic E-state index is -1.15. The Balaban J connectivity index is 1.35. The molecule has 0 saturated heterocycles. The van der Waals surface area contributed by atoms with Crippen LogP contribution in [0.25, 0.3) is 22.6 Å². The number of thiophene rings is 1. The molecule has 8 heteroatoms. The summed E-state index contributed by atoms with van der Waals surface area (Å²) in [7, 11) is 0. The highest BCUT2D eigenvalue weighted by Gasteiger charge is 2.43. The number of nitrogens with one attached hydrogen (secondary N) is 1. The Morgan fingerprint density at radius 3 is 2.69 bits per heavy atom. The molecule has 0 spiro atoms. The summed E-state index contributed by atoms with van der Waals surface area (Å²) in [6.45, 7) is 2.85. The number of nitrogens with zero attached hydrogens (tertiary/aromatic N) is 2. The molecule has 4 aromatic rings. The van der Waals surface area contributed by atoms with Gasteiger partial charge in [-0.1, -0.05) is 36.4 Å². The number of benzene rings is 2. The Bertz CT molecular complexity index is 1660. The van der Waals surface area contributed by atoms with Crippen molar-refractivity contribution in [3.05, 3.63) is 87.7 Å². The number of hydrogen-bond donors (Lipinski definition) is 1. The van der Waals surface area contributed by atoms with E-state index in [1.165, 1.54) is 4.90 Å². The summed E-state index contributed by atoms with van der Waals surface area (Å²) < 4.78 is 5.69. The van der Waals surface area contributed by atoms with Gasteiger partial charge in [-0.05, 0) is 80.0 Å². The quantitative estimate of drug-likeness (QED) is 0.318. The van der Waals surface area contributed by atoms with Crippen molar-refractivity contribution in [2.45, 2.75) is 38.6 Å². The number of carbonyl (C=O) groups excluding carboxylic acids is 3. The summed E-state index contributed by atoms with van der Waals surface area (Å²) in [6.07, 6.45) is 4.59. The maximum atomic E-state index is 13.7. The molecule has 1 aliphatic carbocycles. The third-order valence-electron chi connectivity index (χ3n) is 7.32. The highest BCUT2D eigenvalue weighted by atomic mass is 32.1. The van der Waals surface area contributed by atoms with E-state index in [0.717, 1.165) is 34.5 Å². The molecule has 0 fully saturated rings. The first-order valence-corrected chi connectivity index (χ1v) is 13.8. The summed E-state index contributed by atoms with van der Waals surface area (Å²) in [4.78, 5) is 47.5. The monoisotopic (exact) mass is 537 g/mol. The molecule has 1 aliphatic heterocycles. The second-order valence-corrected chi connectivity index (χ2v) is 11.2. The fourth-order valence-corrected chi connectivity index (χ4v) is 6.10. The minimum absolute atomic E-state index is 0.305. The zero-order valence-electron chi connectivity index (χ0n) is 21.7. The predicted octanol–water partition coefficient (Wildman–Crippen LogP) is 6.09. The minimum Gasteiger partial charge on any atom is -0.452 e. The molecule has 0 radical (unpaired) electrons. The number of amides is 2. The number of carbonyl (C=O) groups is 3. The third kappa shape index (κ3) is 4.40. The van der Waals surface area contributed by atoms with Crippen molar-refractivity contribution in [2.75, 3.05) is 16.8 Å². The zero-order chi connectivity index (χ0) is 27.1. The molecule has 0 atom stereocenters. The maximum Gasteiger partial charge on any atom is 0.339 e. The van der Waals surface area contributed by atoms with E-state index in [1.807, 2.05) is 35.7 Å². The Labute approximate surface area is 230 Å². The number of hydrogen-bond acceptors (Lipinski definition) is 6. The molecule has 2 amide bonds. The van der Waals surface area contributed by atoms with Crippen molar-refractivity contribution in [3.8, 4) is 0 Å². The van der Waals surface area contributed by atoms with Gasteiger partial charge in [-0.3, -0.25) is 14.5 Å². The summed E-state index contributed by atoms with van der Waals surface area (Å²) in [6, 6.07) is 18.7. The fourth-order valence-electron chi connectivity index (χ4n) is 5.42. The smallest absolute Gasteiger partial charge is 0.339 e. The average Bonchev–Trinajstić information content (AvgIpc) is 3.44. The maximum absolute atomic E-state index is 13.7. The SMILES string of the molecule is CC1(C)C(=O)Nc2ccccc2N1C(=O)COC(=O)c1c2c(nc3ccccc13)C(=Cc1cccs1)CCC2. The molecule has 0 saturated carbocycles. The summed E-state index contributed by atoms with van der Waals surface area (Å²) in [5.74, 6) is -1.34. The Kier molecular flexibility index (Phi) is 6.27. The number of para-hydroxylation sites is 3. The Morgan fingerprint density at radius 1 is 1.08 bits per heavy atom. The topological polar surface area (TPSA) is 88.6 Å². The molecule has 0 unspecified atom stereocenters. The normalized spacial score (nSPS) is 16.9. The second kappa shape index (κ2) is 9.78. The lowest BCUT2D eigenvalue weighted by molar-refractivity contribution is -0.128. The van der Waals surface area contributed by atoms with Crippen LogP contribution in [-0.4, -0.2) is 34.9 Å². The van der Waals surface area contributed by atoms with Crippen LogP contribution < -0.4 is 10.2 Å². The Hall–Kier alpha value is -4.30. The van der Waals surface area contributed by atoms with Crippen LogP contribution in [0.15, 0.2) is 66.0 Å². The van der Waals surface area contributed by atoms with Crippen molar-refractivity contribution in [2.24, 2.45) is 0 Å². The van der Waals surface area contributed by atoms with E-state index in [-0.39, 0.29) is 5.91 Å². The van der Waals surface area contributed by atoms with Gasteiger partial charge in [-0.2, -0.15) is 0 Å². The molecule has 39 heavy (non-hydrogen) atoms. The van der Waals surface area contributed by atoms with E-state index >= 15 is 0 Å². The van der Waals surface area contributed by atoms with Crippen LogP contribution in [0.3, 0.4) is 0 Å². The molecular formula is C31H27N3O4S. The highest BCUT2D eigenvalue weighted by molar-refractivity contribution is 7.10. The standard InChI is InChI=1S/C31H27N3O4S/c1-31(2)30(37)33-24-14-5-6-15-25(24)34(31)26(35)18-38-29(36)27-21-11-3-4-13-23(21)32-28-19(9-7-12-22(27)28)17-20-10-8-16-39-20/h3-6,8,10-11,13-17H,7,9,12,18H2,1-2H3,(H,33,37). The first-order valence-electron chi connectivity index (χ1n) is 12.9. The number of pyridine rings is 1. The number of aromatic nitrogens is 1. The van der Waals surface area contributed by atoms with Crippen LogP contribution in [0.2, 0.25) is 0 Å². The summed E-state index contributed by atoms with van der Waals surface area (Å²) in [5, 5.41) is 5.59. The number of anilines is 2. The molecule has 1 N–H and O–H groups in total. The van der Waals surface area contributed by atoms with Gasteiger partial charge in [-0.15, -0.1) is 11.3 Å². The molecule has 3 heterocycles. The van der Waals surface area contributed by atoms with Crippen LogP contribution in [0.5, 0.6) is 0 Å². The van der Waals surface area contributed by atoms with Crippen LogP contribution >= 0.6 is 11.3 Å². The van der Waals surface area contributed by atoms with Crippen LogP contribution in [0.4, 0.5) is 11.4 Å². The predicted molar refractivity (Wildman–Crippen MR) is 154 cm³/mol. The average molecular weight is 538 g/mol. The van der Waals surface area contributed by atoms with Crippen molar-refractivity contribution in [3.63, 3.8) is 0 Å². The van der Waals surface area contributed by atoms with E-state index in [4.69, 9.17) is 9.72 Å². The number of esters is 1. The number of allylic oxidation sites excluding steroid dienone is 1. The lowest BCUT2D eigenvalue weighted by atomic mass is 9.86. The van der Waals surface area contributed by atoms with Crippen molar-refractivity contribution >= 4 is 63.0 Å². The van der Waals surface area contributed by atoms with Gasteiger partial charge in [0.15, 0.2) is 6.61 Å². The van der Waals surface area contributed by atoms with Crippen LogP contribution in [0.1, 0.15) is 53.2 Å². The fraction of sp³-hybridized carbons (Fsp3) is 0.226. The number of ether oxygens (including phenoxy) is 1. The van der Waals surface area contributed by atoms with E-state index < -0.39 is 24.0 Å². The first kappa shape index (κ1) is 25.0. The molecule has 0 bridgehead atoms. The zero-order valence-corrected chi connectivity index (χ0v) is 22.5. The Morgan fingerprint density at radius 2 is 1.87 bits per heavy atom. The van der Waals surface area contributed by atoms with Gasteiger partial charge in [-0.25, -0.2) is 9.78 Å². The summed E-state index contributed by atoms with van der Waals surface area (Å²) in [5.41, 5.74) is 3.87. The largest absolute Gasteiger partial charge is 0.452 e. The second-order valence-electron chi connectivity index (χ2n) is 10.2. The van der Waals surface area contributed by atoms with Gasteiger partial charge < -0.3 is 10.1 Å². The molecule has 2 aliphatic rings. The molecule has 196 valence electrons. The van der Waals surface area contributed by atoms with E-state index in [1.54, 1.807) is 49.4 Å². The van der Waals surface area contributed by atoms with E-state index in [0.29, 0.717) is 34.3 Å². The molecule has 6 rings (SSSR count). The third-order valence-corrected chi connectivity index (χ3v) is 8.14. The van der Waals surface area contributed by atoms with Gasteiger partial charge in [0.2, 0.25) is 5.91 Å². The lowest BCUT2D eigenvalue weighted by Crippen LogP contribution is -2.59. The van der Waals surface area contributed by atoms with Gasteiger partial charge in [0.25, 0.3) is 5.91 Å². The molecule has 7 nitrogen and oxygen atoms in total. The summed E-state index contributed by atoms with van der Waals surface area (Å²) >= 11 is 1.66. The van der Waals surface area contributed by atoms with E-state index in [9.17, 15) is 14.4 Å². The lowest BCUT2D eigenvalue weighted by Gasteiger charge is -2.41. The molecule has 2 aromatic carbocycles. The molecular weight excluding hydrogens is 510 g/mol. The van der Waals surface area contributed by atoms with Crippen LogP contribution in [-0.2, 0) is 20.7 Å². The van der Waals surface area contributed by atoms with Gasteiger partial charge in [0.1, 0.15) is 5.54 Å². The molecule has 2 aromatic heterocycles. The number of fused-ring (bicyclic) bond motifs is 3. The van der Waals surface area contributed by atoms with E-state index in [2.05, 4.69) is 17.5 Å². The highest BCUT2D eigenvalue weighted by Crippen LogP contribution is 2.38. The van der Waals surface area contributed by atoms with Crippen molar-refractivity contribution < 1.29 is 19.1 Å². The first-order chi connectivity index (χ1) is 18.8. The van der Waals surface area contributed by atoms with Crippen molar-refractivity contribution in [1.29, 1.82) is 0 Å².